The molecule has 13 aromatic rings. The fourth-order valence-corrected chi connectivity index (χ4v) is 10.1. The van der Waals surface area contributed by atoms with E-state index in [4.69, 9.17) is 4.42 Å². The normalized spacial score (nSPS) is 11.6. The topological polar surface area (TPSA) is 21.3 Å². The van der Waals surface area contributed by atoms with Crippen LogP contribution in [0.2, 0.25) is 0 Å². The van der Waals surface area contributed by atoms with Crippen molar-refractivity contribution in [2.24, 2.45) is 0 Å². The van der Waals surface area contributed by atoms with Gasteiger partial charge in [-0.25, -0.2) is 0 Å². The summed E-state index contributed by atoms with van der Waals surface area (Å²) in [4.78, 5) is 2.37. The number of anilines is 3. The molecular weight excluding hydrogens is 813 g/mol. The molecule has 0 aliphatic rings. The highest BCUT2D eigenvalue weighted by molar-refractivity contribution is 6.09. The highest BCUT2D eigenvalue weighted by Gasteiger charge is 2.17. The number of nitrogens with zero attached hydrogens (tertiary/aromatic N) is 2. The van der Waals surface area contributed by atoms with E-state index < -0.39 is 0 Å². The molecule has 0 N–H and O–H groups in total. The number of hydrogen-bond donors (Lipinski definition) is 0. The minimum absolute atomic E-state index is 0.889. The van der Waals surface area contributed by atoms with E-state index in [1.54, 1.807) is 0 Å². The van der Waals surface area contributed by atoms with Gasteiger partial charge in [0.15, 0.2) is 0 Å². The van der Waals surface area contributed by atoms with Gasteiger partial charge in [-0.2, -0.15) is 0 Å². The fourth-order valence-electron chi connectivity index (χ4n) is 10.1. The number of benzene rings is 11. The first-order valence-electron chi connectivity index (χ1n) is 22.9. The van der Waals surface area contributed by atoms with Gasteiger partial charge in [-0.15, -0.1) is 0 Å². The lowest BCUT2D eigenvalue weighted by atomic mass is 9.99. The predicted molar refractivity (Wildman–Crippen MR) is 282 cm³/mol. The molecule has 0 spiro atoms. The minimum atomic E-state index is 0.889. The molecule has 0 amide bonds. The number of rotatable bonds is 8. The van der Waals surface area contributed by atoms with Gasteiger partial charge in [0.1, 0.15) is 11.2 Å². The molecule has 0 saturated carbocycles. The van der Waals surface area contributed by atoms with Crippen LogP contribution in [0, 0.1) is 0 Å². The van der Waals surface area contributed by atoms with E-state index in [1.165, 1.54) is 54.8 Å². The van der Waals surface area contributed by atoms with Crippen molar-refractivity contribution in [3.8, 4) is 50.2 Å². The summed E-state index contributed by atoms with van der Waals surface area (Å²) in [5.74, 6) is 0. The van der Waals surface area contributed by atoms with Crippen molar-refractivity contribution in [2.45, 2.75) is 0 Å². The third-order valence-corrected chi connectivity index (χ3v) is 13.4. The second-order valence-electron chi connectivity index (χ2n) is 17.4. The average Bonchev–Trinajstić information content (AvgIpc) is 3.95. The number of fused-ring (bicyclic) bond motifs is 7. The largest absolute Gasteiger partial charge is 0.456 e. The van der Waals surface area contributed by atoms with Crippen molar-refractivity contribution in [1.29, 1.82) is 0 Å². The van der Waals surface area contributed by atoms with E-state index in [9.17, 15) is 0 Å². The van der Waals surface area contributed by atoms with E-state index >= 15 is 0 Å². The summed E-state index contributed by atoms with van der Waals surface area (Å²) in [6.07, 6.45) is 0. The van der Waals surface area contributed by atoms with Gasteiger partial charge in [0.25, 0.3) is 0 Å². The molecule has 0 fully saturated rings. The molecule has 2 heterocycles. The van der Waals surface area contributed by atoms with E-state index in [2.05, 4.69) is 252 Å². The van der Waals surface area contributed by atoms with Crippen LogP contribution in [0.4, 0.5) is 17.1 Å². The Morgan fingerprint density at radius 3 is 1.43 bits per heavy atom. The summed E-state index contributed by atoms with van der Waals surface area (Å²) in [5, 5.41) is 7.26. The summed E-state index contributed by atoms with van der Waals surface area (Å²) < 4.78 is 8.70. The monoisotopic (exact) mass is 854 g/mol. The van der Waals surface area contributed by atoms with E-state index in [0.717, 1.165) is 66.9 Å². The highest BCUT2D eigenvalue weighted by atomic mass is 16.3. The molecule has 0 bridgehead atoms. The van der Waals surface area contributed by atoms with Gasteiger partial charge in [-0.3, -0.25) is 0 Å². The van der Waals surface area contributed by atoms with E-state index in [1.807, 2.05) is 12.1 Å². The van der Waals surface area contributed by atoms with Crippen molar-refractivity contribution in [1.82, 2.24) is 4.57 Å². The Morgan fingerprint density at radius 1 is 0.269 bits per heavy atom. The van der Waals surface area contributed by atoms with Crippen LogP contribution in [0.1, 0.15) is 0 Å². The summed E-state index contributed by atoms with van der Waals surface area (Å²) in [6, 6.07) is 92.0. The Hall–Kier alpha value is -8.92. The molecule has 3 nitrogen and oxygen atoms in total. The molecular formula is C64H42N2O. The number of aromatic nitrogens is 1. The zero-order valence-electron chi connectivity index (χ0n) is 36.6. The van der Waals surface area contributed by atoms with Gasteiger partial charge in [-0.05, 0) is 140 Å². The first-order chi connectivity index (χ1) is 33.2. The quantitative estimate of drug-likeness (QED) is 0.152. The Kier molecular flexibility index (Phi) is 9.17. The van der Waals surface area contributed by atoms with Crippen LogP contribution >= 0.6 is 0 Å². The van der Waals surface area contributed by atoms with Crippen LogP contribution in [-0.2, 0) is 0 Å². The van der Waals surface area contributed by atoms with Crippen molar-refractivity contribution >= 4 is 71.6 Å². The molecule has 314 valence electrons. The van der Waals surface area contributed by atoms with Crippen LogP contribution in [-0.4, -0.2) is 4.57 Å². The molecule has 0 atom stereocenters. The van der Waals surface area contributed by atoms with E-state index in [-0.39, 0.29) is 0 Å². The second-order valence-corrected chi connectivity index (χ2v) is 17.4. The van der Waals surface area contributed by atoms with Crippen LogP contribution < -0.4 is 4.90 Å². The number of para-hydroxylation sites is 3. The maximum absolute atomic E-state index is 6.32. The third-order valence-electron chi connectivity index (χ3n) is 13.4. The lowest BCUT2D eigenvalue weighted by Gasteiger charge is -2.27. The van der Waals surface area contributed by atoms with E-state index in [0.29, 0.717) is 0 Å². The molecule has 0 aliphatic heterocycles. The fraction of sp³-hybridized carbons (Fsp3) is 0. The van der Waals surface area contributed by atoms with Gasteiger partial charge >= 0.3 is 0 Å². The van der Waals surface area contributed by atoms with Crippen molar-refractivity contribution in [3.05, 3.63) is 255 Å². The Bertz CT molecular complexity index is 3930. The third kappa shape index (κ3) is 6.84. The molecule has 11 aromatic carbocycles. The summed E-state index contributed by atoms with van der Waals surface area (Å²) in [6.45, 7) is 0. The van der Waals surface area contributed by atoms with Crippen LogP contribution in [0.25, 0.3) is 105 Å². The predicted octanol–water partition coefficient (Wildman–Crippen LogP) is 18.0. The SMILES string of the molecule is c1cc(-c2ccc3ccccc3c2)cc(N(c2ccc(-c3ccc(-c4cccc(-n5c6ccccc6c6ccccc65)c4)cc3)cc2)c2cccc(-c3ccc4c(c3)oc3ccccc34)c2)c1. The van der Waals surface area contributed by atoms with Crippen LogP contribution in [0.5, 0.6) is 0 Å². The molecule has 3 heteroatoms. The van der Waals surface area contributed by atoms with Gasteiger partial charge in [0, 0.05) is 44.3 Å². The maximum Gasteiger partial charge on any atom is 0.136 e. The zero-order chi connectivity index (χ0) is 44.3. The molecule has 0 aliphatic carbocycles. The first kappa shape index (κ1) is 38.5. The summed E-state index contributed by atoms with van der Waals surface area (Å²) in [7, 11) is 0. The molecule has 0 radical (unpaired) electrons. The number of furan rings is 1. The molecule has 13 rings (SSSR count). The van der Waals surface area contributed by atoms with Gasteiger partial charge in [0.2, 0.25) is 0 Å². The lowest BCUT2D eigenvalue weighted by Crippen LogP contribution is -2.10. The first-order valence-corrected chi connectivity index (χ1v) is 22.9. The Morgan fingerprint density at radius 2 is 0.746 bits per heavy atom. The van der Waals surface area contributed by atoms with Crippen molar-refractivity contribution in [2.75, 3.05) is 4.90 Å². The van der Waals surface area contributed by atoms with Crippen molar-refractivity contribution < 1.29 is 4.42 Å². The average molecular weight is 855 g/mol. The van der Waals surface area contributed by atoms with Crippen LogP contribution in [0.15, 0.2) is 259 Å². The smallest absolute Gasteiger partial charge is 0.136 e. The standard InChI is InChI=1S/C64H42N2O/c1-2-13-47-38-51(31-30-43(47)12-1)49-15-10-17-54(40-49)65(55-18-11-16-50(41-55)52-34-37-60-59-22-5-8-25-63(59)67-64(60)42-52)53-35-32-45(33-36-53)44-26-28-46(29-27-44)48-14-9-19-56(39-48)66-61-23-6-3-20-57(61)58-21-4-7-24-62(58)66/h1-42H. The van der Waals surface area contributed by atoms with Gasteiger partial charge in [-0.1, -0.05) is 170 Å². The maximum atomic E-state index is 6.32. The Labute approximate surface area is 388 Å². The molecule has 0 saturated heterocycles. The van der Waals surface area contributed by atoms with Crippen molar-refractivity contribution in [3.63, 3.8) is 0 Å². The lowest BCUT2D eigenvalue weighted by molar-refractivity contribution is 0.669. The van der Waals surface area contributed by atoms with Gasteiger partial charge in [0.05, 0.1) is 11.0 Å². The van der Waals surface area contributed by atoms with Crippen LogP contribution in [0.3, 0.4) is 0 Å². The minimum Gasteiger partial charge on any atom is -0.456 e. The Balaban J connectivity index is 0.851. The molecule has 67 heavy (non-hydrogen) atoms. The molecule has 0 unspecified atom stereocenters. The second kappa shape index (κ2) is 16.0. The van der Waals surface area contributed by atoms with Gasteiger partial charge < -0.3 is 13.9 Å². The summed E-state index contributed by atoms with van der Waals surface area (Å²) in [5.41, 5.74) is 17.9. The molecule has 2 aromatic heterocycles. The summed E-state index contributed by atoms with van der Waals surface area (Å²) >= 11 is 0. The zero-order valence-corrected chi connectivity index (χ0v) is 36.6. The highest BCUT2D eigenvalue weighted by Crippen LogP contribution is 2.41. The number of hydrogen-bond acceptors (Lipinski definition) is 2.